The fraction of sp³-hybridized carbons (Fsp3) is 0.0698. The molecule has 0 fully saturated rings. The Morgan fingerprint density at radius 1 is 0.674 bits per heavy atom. The van der Waals surface area contributed by atoms with Crippen LogP contribution in [0.15, 0.2) is 128 Å². The van der Waals surface area contributed by atoms with Crippen LogP contribution in [0.5, 0.6) is 0 Å². The van der Waals surface area contributed by atoms with Crippen LogP contribution >= 0.6 is 11.3 Å². The topological polar surface area (TPSA) is 20.7 Å². The Bertz CT molecular complexity index is 2630. The van der Waals surface area contributed by atoms with Crippen molar-refractivity contribution in [1.29, 1.82) is 0 Å². The SMILES string of the molecule is C=Cc1c(/C=C\C)c2cc(-c3ccc4c(c3)[nH]c3c5sc6ccccc6c5c5ccccc5c43)ccc2n1-c1ccccc1.CC. The van der Waals surface area contributed by atoms with Crippen molar-refractivity contribution in [3.8, 4) is 16.8 Å². The van der Waals surface area contributed by atoms with E-state index in [1.54, 1.807) is 0 Å². The zero-order valence-electron chi connectivity index (χ0n) is 26.3. The molecule has 3 aromatic heterocycles. The van der Waals surface area contributed by atoms with Crippen LogP contribution in [0.2, 0.25) is 0 Å². The summed E-state index contributed by atoms with van der Waals surface area (Å²) >= 11 is 1.89. The van der Waals surface area contributed by atoms with Crippen LogP contribution in [0.25, 0.3) is 92.6 Å². The Kier molecular flexibility index (Phi) is 6.85. The monoisotopic (exact) mass is 610 g/mol. The van der Waals surface area contributed by atoms with E-state index in [1.807, 2.05) is 31.3 Å². The summed E-state index contributed by atoms with van der Waals surface area (Å²) in [5.41, 5.74) is 9.38. The van der Waals surface area contributed by atoms with Crippen LogP contribution in [0.1, 0.15) is 32.0 Å². The molecule has 0 atom stereocenters. The molecule has 0 amide bonds. The fourth-order valence-corrected chi connectivity index (χ4v) is 8.37. The number of fused-ring (bicyclic) bond motifs is 11. The third kappa shape index (κ3) is 4.09. The van der Waals surface area contributed by atoms with Gasteiger partial charge in [0, 0.05) is 48.4 Å². The third-order valence-electron chi connectivity index (χ3n) is 9.01. The molecule has 0 aliphatic heterocycles. The molecule has 222 valence electrons. The summed E-state index contributed by atoms with van der Waals surface area (Å²) in [6.07, 6.45) is 6.28. The summed E-state index contributed by atoms with van der Waals surface area (Å²) in [6.45, 7) is 10.3. The Hall–Kier alpha value is -5.38. The quantitative estimate of drug-likeness (QED) is 0.205. The second kappa shape index (κ2) is 11.2. The van der Waals surface area contributed by atoms with Crippen molar-refractivity contribution < 1.29 is 0 Å². The smallest absolute Gasteiger partial charge is 0.0653 e. The van der Waals surface area contributed by atoms with Gasteiger partial charge in [0.15, 0.2) is 0 Å². The van der Waals surface area contributed by atoms with Crippen molar-refractivity contribution in [2.45, 2.75) is 20.8 Å². The lowest BCUT2D eigenvalue weighted by Crippen LogP contribution is -1.96. The lowest BCUT2D eigenvalue weighted by atomic mass is 9.97. The van der Waals surface area contributed by atoms with E-state index >= 15 is 0 Å². The van der Waals surface area contributed by atoms with Crippen LogP contribution in [0.4, 0.5) is 0 Å². The molecular formula is C43H34N2S. The van der Waals surface area contributed by atoms with Gasteiger partial charge in [-0.25, -0.2) is 0 Å². The molecule has 0 unspecified atom stereocenters. The lowest BCUT2D eigenvalue weighted by Gasteiger charge is -2.09. The number of hydrogen-bond donors (Lipinski definition) is 1. The summed E-state index contributed by atoms with van der Waals surface area (Å²) in [5, 5.41) is 9.09. The van der Waals surface area contributed by atoms with E-state index in [1.165, 1.54) is 74.8 Å². The minimum Gasteiger partial charge on any atom is -0.353 e. The number of allylic oxidation sites excluding steroid dienone is 1. The normalized spacial score (nSPS) is 11.8. The van der Waals surface area contributed by atoms with Crippen molar-refractivity contribution in [2.75, 3.05) is 0 Å². The average Bonchev–Trinajstić information content (AvgIpc) is 3.79. The first-order valence-corrected chi connectivity index (χ1v) is 16.8. The van der Waals surface area contributed by atoms with E-state index < -0.39 is 0 Å². The summed E-state index contributed by atoms with van der Waals surface area (Å²) in [7, 11) is 0. The van der Waals surface area contributed by atoms with E-state index in [2.05, 4.69) is 150 Å². The Morgan fingerprint density at radius 2 is 1.35 bits per heavy atom. The number of aromatic nitrogens is 2. The predicted octanol–water partition coefficient (Wildman–Crippen LogP) is 13.2. The van der Waals surface area contributed by atoms with Crippen LogP contribution in [0.3, 0.4) is 0 Å². The number of H-pyrrole nitrogens is 1. The summed E-state index contributed by atoms with van der Waals surface area (Å²) in [5.74, 6) is 0. The standard InChI is InChI=1S/C41H28N2S.C2H6/c1-3-12-28-33-23-25(20-22-36(33)43(35(28)4-2)27-13-6-5-7-14-27)26-19-21-31-34(24-26)42-40-38(31)29-15-8-9-16-30(29)39-32-17-10-11-18-37(32)44-41(39)40;1-2/h3-24,42H,2H2,1H3;1-2H3/b12-3-;. The van der Waals surface area contributed by atoms with Crippen molar-refractivity contribution in [1.82, 2.24) is 9.55 Å². The number of thiophene rings is 1. The minimum atomic E-state index is 1.10. The molecule has 1 N–H and O–H groups in total. The number of hydrogen-bond acceptors (Lipinski definition) is 1. The molecular weight excluding hydrogens is 577 g/mol. The van der Waals surface area contributed by atoms with Gasteiger partial charge in [0.1, 0.15) is 0 Å². The summed E-state index contributed by atoms with van der Waals surface area (Å²) in [4.78, 5) is 3.88. The molecule has 6 aromatic carbocycles. The molecule has 0 saturated carbocycles. The molecule has 0 spiro atoms. The highest BCUT2D eigenvalue weighted by Gasteiger charge is 2.19. The van der Waals surface area contributed by atoms with Crippen LogP contribution in [-0.4, -0.2) is 9.55 Å². The first kappa shape index (κ1) is 28.1. The molecule has 46 heavy (non-hydrogen) atoms. The number of rotatable bonds is 4. The third-order valence-corrected chi connectivity index (χ3v) is 10.2. The molecule has 9 rings (SSSR count). The van der Waals surface area contributed by atoms with E-state index in [0.717, 1.165) is 16.9 Å². The van der Waals surface area contributed by atoms with Gasteiger partial charge in [-0.05, 0) is 71.3 Å². The molecule has 3 heteroatoms. The van der Waals surface area contributed by atoms with E-state index in [9.17, 15) is 0 Å². The highest BCUT2D eigenvalue weighted by molar-refractivity contribution is 7.27. The summed E-state index contributed by atoms with van der Waals surface area (Å²) in [6, 6.07) is 41.9. The fourth-order valence-electron chi connectivity index (χ4n) is 7.15. The van der Waals surface area contributed by atoms with Gasteiger partial charge < -0.3 is 9.55 Å². The molecule has 0 radical (unpaired) electrons. The van der Waals surface area contributed by atoms with Crippen molar-refractivity contribution in [3.63, 3.8) is 0 Å². The first-order valence-electron chi connectivity index (χ1n) is 16.0. The zero-order chi connectivity index (χ0) is 31.4. The lowest BCUT2D eigenvalue weighted by molar-refractivity contribution is 1.11. The van der Waals surface area contributed by atoms with Gasteiger partial charge in [0.25, 0.3) is 0 Å². The maximum atomic E-state index is 4.19. The van der Waals surface area contributed by atoms with E-state index in [0.29, 0.717) is 0 Å². The number of aromatic amines is 1. The Morgan fingerprint density at radius 3 is 2.11 bits per heavy atom. The number of benzene rings is 6. The molecule has 0 aliphatic rings. The second-order valence-electron chi connectivity index (χ2n) is 11.4. The van der Waals surface area contributed by atoms with Crippen molar-refractivity contribution in [2.24, 2.45) is 0 Å². The second-order valence-corrected chi connectivity index (χ2v) is 12.4. The molecule has 0 aliphatic carbocycles. The van der Waals surface area contributed by atoms with Gasteiger partial charge in [0.2, 0.25) is 0 Å². The molecule has 3 heterocycles. The van der Waals surface area contributed by atoms with Gasteiger partial charge in [-0.15, -0.1) is 11.3 Å². The highest BCUT2D eigenvalue weighted by Crippen LogP contribution is 2.46. The largest absolute Gasteiger partial charge is 0.353 e. The number of nitrogens with zero attached hydrogens (tertiary/aromatic N) is 1. The van der Waals surface area contributed by atoms with E-state index in [4.69, 9.17) is 0 Å². The van der Waals surface area contributed by atoms with Gasteiger partial charge in [-0.2, -0.15) is 0 Å². The maximum Gasteiger partial charge on any atom is 0.0653 e. The minimum absolute atomic E-state index is 1.10. The molecule has 0 bridgehead atoms. The Balaban J connectivity index is 0.00000153. The zero-order valence-corrected chi connectivity index (χ0v) is 27.1. The van der Waals surface area contributed by atoms with Crippen LogP contribution < -0.4 is 0 Å². The predicted molar refractivity (Wildman–Crippen MR) is 205 cm³/mol. The first-order chi connectivity index (χ1) is 22.7. The van der Waals surface area contributed by atoms with Crippen LogP contribution in [0, 0.1) is 0 Å². The van der Waals surface area contributed by atoms with Crippen LogP contribution in [-0.2, 0) is 0 Å². The van der Waals surface area contributed by atoms with Crippen molar-refractivity contribution >= 4 is 87.1 Å². The maximum absolute atomic E-state index is 4.19. The van der Waals surface area contributed by atoms with Gasteiger partial charge in [0.05, 0.1) is 21.4 Å². The van der Waals surface area contributed by atoms with E-state index in [-0.39, 0.29) is 0 Å². The molecule has 2 nitrogen and oxygen atoms in total. The van der Waals surface area contributed by atoms with Gasteiger partial charge in [-0.1, -0.05) is 111 Å². The van der Waals surface area contributed by atoms with Gasteiger partial charge >= 0.3 is 0 Å². The number of nitrogens with one attached hydrogen (secondary N) is 1. The van der Waals surface area contributed by atoms with Gasteiger partial charge in [-0.3, -0.25) is 0 Å². The molecule has 9 aromatic rings. The molecule has 0 saturated heterocycles. The number of para-hydroxylation sites is 1. The summed E-state index contributed by atoms with van der Waals surface area (Å²) < 4.78 is 4.96. The average molecular weight is 611 g/mol. The Labute approximate surface area is 272 Å². The highest BCUT2D eigenvalue weighted by atomic mass is 32.1. The van der Waals surface area contributed by atoms with Crippen molar-refractivity contribution in [3.05, 3.63) is 139 Å².